The molecule has 3 aromatic carbocycles. The maximum atomic E-state index is 12.1. The average molecular weight is 457 g/mol. The van der Waals surface area contributed by atoms with E-state index in [1.807, 2.05) is 0 Å². The van der Waals surface area contributed by atoms with Gasteiger partial charge in [0.2, 0.25) is 0 Å². The van der Waals surface area contributed by atoms with Crippen LogP contribution in [0.5, 0.6) is 11.5 Å². The smallest absolute Gasteiger partial charge is 0.343 e. The lowest BCUT2D eigenvalue weighted by molar-refractivity contribution is -0.127. The van der Waals surface area contributed by atoms with Gasteiger partial charge in [-0.25, -0.2) is 10.2 Å². The minimum Gasteiger partial charge on any atom is -0.481 e. The number of rotatable bonds is 7. The molecule has 158 valence electrons. The Morgan fingerprint density at radius 1 is 0.871 bits per heavy atom. The van der Waals surface area contributed by atoms with Crippen LogP contribution in [-0.2, 0) is 4.79 Å². The van der Waals surface area contributed by atoms with E-state index in [4.69, 9.17) is 32.7 Å². The molecule has 0 aliphatic carbocycles. The molecule has 0 fully saturated rings. The molecule has 0 heterocycles. The Balaban J connectivity index is 1.49. The van der Waals surface area contributed by atoms with Gasteiger partial charge in [-0.05, 0) is 85.3 Å². The van der Waals surface area contributed by atoms with Crippen LogP contribution in [0.3, 0.4) is 0 Å². The van der Waals surface area contributed by atoms with Gasteiger partial charge >= 0.3 is 5.97 Å². The third-order valence-electron chi connectivity index (χ3n) is 4.05. The highest BCUT2D eigenvalue weighted by molar-refractivity contribution is 6.30. The van der Waals surface area contributed by atoms with Crippen molar-refractivity contribution >= 4 is 41.3 Å². The third kappa shape index (κ3) is 6.84. The predicted molar refractivity (Wildman–Crippen MR) is 120 cm³/mol. The highest BCUT2D eigenvalue weighted by atomic mass is 35.5. The van der Waals surface area contributed by atoms with Crippen LogP contribution in [0, 0.1) is 0 Å². The number of hydrogen-bond acceptors (Lipinski definition) is 5. The molecule has 0 unspecified atom stereocenters. The molecule has 1 amide bonds. The molecule has 0 aromatic heterocycles. The van der Waals surface area contributed by atoms with Gasteiger partial charge < -0.3 is 9.47 Å². The highest BCUT2D eigenvalue weighted by Gasteiger charge is 2.13. The zero-order valence-electron chi connectivity index (χ0n) is 16.4. The number of amides is 1. The summed E-state index contributed by atoms with van der Waals surface area (Å²) in [5.74, 6) is 0.0191. The molecule has 3 rings (SSSR count). The first kappa shape index (κ1) is 22.3. The van der Waals surface area contributed by atoms with Crippen LogP contribution < -0.4 is 14.9 Å². The van der Waals surface area contributed by atoms with E-state index in [1.54, 1.807) is 79.7 Å². The number of carbonyl (C=O) groups is 2. The molecule has 31 heavy (non-hydrogen) atoms. The first-order valence-electron chi connectivity index (χ1n) is 9.23. The zero-order chi connectivity index (χ0) is 22.2. The number of halogens is 2. The van der Waals surface area contributed by atoms with Crippen molar-refractivity contribution in [3.05, 3.63) is 94.0 Å². The normalized spacial score (nSPS) is 11.7. The second-order valence-electron chi connectivity index (χ2n) is 6.41. The van der Waals surface area contributed by atoms with Gasteiger partial charge in [-0.15, -0.1) is 0 Å². The summed E-state index contributed by atoms with van der Waals surface area (Å²) in [5.41, 5.74) is 3.52. The monoisotopic (exact) mass is 456 g/mol. The van der Waals surface area contributed by atoms with E-state index < -0.39 is 18.0 Å². The van der Waals surface area contributed by atoms with Gasteiger partial charge in [0.05, 0.1) is 11.8 Å². The van der Waals surface area contributed by atoms with Crippen LogP contribution in [0.1, 0.15) is 22.8 Å². The lowest BCUT2D eigenvalue weighted by atomic mass is 10.2. The quantitative estimate of drug-likeness (QED) is 0.231. The Kier molecular flexibility index (Phi) is 7.65. The average Bonchev–Trinajstić information content (AvgIpc) is 2.77. The van der Waals surface area contributed by atoms with E-state index in [-0.39, 0.29) is 0 Å². The van der Waals surface area contributed by atoms with E-state index >= 15 is 0 Å². The summed E-state index contributed by atoms with van der Waals surface area (Å²) in [5, 5.41) is 5.04. The number of nitrogens with zero attached hydrogens (tertiary/aromatic N) is 1. The fourth-order valence-corrected chi connectivity index (χ4v) is 2.66. The first-order chi connectivity index (χ1) is 14.9. The standard InChI is InChI=1S/C23H18Cl2N2O4/c1-15(30-20-12-8-19(25)9-13-20)22(28)27-26-14-16-2-10-21(11-3-16)31-23(29)17-4-6-18(24)7-5-17/h2-15H,1H3,(H,27,28)/b26-14-/t15-/m0/s1. The van der Waals surface area contributed by atoms with Gasteiger partial charge in [0.25, 0.3) is 5.91 Å². The number of nitrogens with one attached hydrogen (secondary N) is 1. The summed E-state index contributed by atoms with van der Waals surface area (Å²) < 4.78 is 10.8. The van der Waals surface area contributed by atoms with Crippen LogP contribution in [0.25, 0.3) is 0 Å². The second-order valence-corrected chi connectivity index (χ2v) is 7.29. The summed E-state index contributed by atoms with van der Waals surface area (Å²) >= 11 is 11.6. The number of hydrazone groups is 1. The fraction of sp³-hybridized carbons (Fsp3) is 0.0870. The van der Waals surface area contributed by atoms with Gasteiger partial charge in [0, 0.05) is 10.0 Å². The van der Waals surface area contributed by atoms with E-state index in [0.717, 1.165) is 0 Å². The minimum absolute atomic E-state index is 0.381. The molecule has 0 spiro atoms. The number of carbonyl (C=O) groups excluding carboxylic acids is 2. The van der Waals surface area contributed by atoms with Gasteiger partial charge in [-0.3, -0.25) is 4.79 Å². The number of benzene rings is 3. The van der Waals surface area contributed by atoms with Crippen LogP contribution >= 0.6 is 23.2 Å². The molecule has 0 aliphatic heterocycles. The second kappa shape index (κ2) is 10.6. The van der Waals surface area contributed by atoms with Crippen LogP contribution in [0.2, 0.25) is 10.0 Å². The molecule has 0 saturated heterocycles. The van der Waals surface area contributed by atoms with Crippen LogP contribution in [0.15, 0.2) is 77.9 Å². The van der Waals surface area contributed by atoms with Crippen LogP contribution in [0.4, 0.5) is 0 Å². The minimum atomic E-state index is -0.743. The van der Waals surface area contributed by atoms with E-state index in [2.05, 4.69) is 10.5 Å². The predicted octanol–water partition coefficient (Wildman–Crippen LogP) is 5.13. The molecule has 0 radical (unpaired) electrons. The molecule has 0 saturated carbocycles. The molecule has 3 aromatic rings. The fourth-order valence-electron chi connectivity index (χ4n) is 2.41. The lowest BCUT2D eigenvalue weighted by Gasteiger charge is -2.12. The van der Waals surface area contributed by atoms with Crippen molar-refractivity contribution in [1.29, 1.82) is 0 Å². The Labute approximate surface area is 189 Å². The molecular weight excluding hydrogens is 439 g/mol. The summed E-state index contributed by atoms with van der Waals surface area (Å²) in [7, 11) is 0. The Morgan fingerprint density at radius 2 is 1.42 bits per heavy atom. The number of esters is 1. The van der Waals surface area contributed by atoms with Gasteiger partial charge in [-0.1, -0.05) is 23.2 Å². The Bertz CT molecular complexity index is 1070. The molecule has 8 heteroatoms. The summed E-state index contributed by atoms with van der Waals surface area (Å²) in [4.78, 5) is 24.2. The third-order valence-corrected chi connectivity index (χ3v) is 4.56. The molecule has 6 nitrogen and oxygen atoms in total. The van der Waals surface area contributed by atoms with Crippen molar-refractivity contribution in [2.45, 2.75) is 13.0 Å². The van der Waals surface area contributed by atoms with Gasteiger partial charge in [0.15, 0.2) is 6.10 Å². The number of ether oxygens (including phenoxy) is 2. The maximum absolute atomic E-state index is 12.1. The largest absolute Gasteiger partial charge is 0.481 e. The molecular formula is C23H18Cl2N2O4. The van der Waals surface area contributed by atoms with E-state index in [1.165, 1.54) is 6.21 Å². The van der Waals surface area contributed by atoms with Crippen molar-refractivity contribution in [1.82, 2.24) is 5.43 Å². The zero-order valence-corrected chi connectivity index (χ0v) is 17.9. The maximum Gasteiger partial charge on any atom is 0.343 e. The van der Waals surface area contributed by atoms with Crippen molar-refractivity contribution in [2.75, 3.05) is 0 Å². The van der Waals surface area contributed by atoms with E-state index in [0.29, 0.717) is 32.7 Å². The van der Waals surface area contributed by atoms with Gasteiger partial charge in [-0.2, -0.15) is 5.10 Å². The highest BCUT2D eigenvalue weighted by Crippen LogP contribution is 2.17. The topological polar surface area (TPSA) is 77.0 Å². The lowest BCUT2D eigenvalue weighted by Crippen LogP contribution is -2.33. The van der Waals surface area contributed by atoms with E-state index in [9.17, 15) is 9.59 Å². The Morgan fingerprint density at radius 3 is 2.03 bits per heavy atom. The van der Waals surface area contributed by atoms with Crippen LogP contribution in [-0.4, -0.2) is 24.2 Å². The van der Waals surface area contributed by atoms with Crippen molar-refractivity contribution < 1.29 is 19.1 Å². The first-order valence-corrected chi connectivity index (χ1v) is 9.99. The molecule has 1 atom stereocenters. The summed E-state index contributed by atoms with van der Waals surface area (Å²) in [6, 6.07) is 19.8. The summed E-state index contributed by atoms with van der Waals surface area (Å²) in [6.07, 6.45) is 0.727. The van der Waals surface area contributed by atoms with Crippen molar-refractivity contribution in [2.24, 2.45) is 5.10 Å². The van der Waals surface area contributed by atoms with Crippen molar-refractivity contribution in [3.63, 3.8) is 0 Å². The SMILES string of the molecule is C[C@H](Oc1ccc(Cl)cc1)C(=O)N/N=C\c1ccc(OC(=O)c2ccc(Cl)cc2)cc1. The van der Waals surface area contributed by atoms with Crippen molar-refractivity contribution in [3.8, 4) is 11.5 Å². The van der Waals surface area contributed by atoms with Gasteiger partial charge in [0.1, 0.15) is 11.5 Å². The molecule has 0 bridgehead atoms. The molecule has 0 aliphatic rings. The Hall–Kier alpha value is -3.35. The molecule has 1 N–H and O–H groups in total. The summed E-state index contributed by atoms with van der Waals surface area (Å²) in [6.45, 7) is 1.61. The number of hydrogen-bond donors (Lipinski definition) is 1.